The summed E-state index contributed by atoms with van der Waals surface area (Å²) in [4.78, 5) is 0. The van der Waals surface area contributed by atoms with Crippen molar-refractivity contribution in [1.29, 1.82) is 0 Å². The van der Waals surface area contributed by atoms with Gasteiger partial charge in [-0.1, -0.05) is 261 Å². The highest BCUT2D eigenvalue weighted by Gasteiger charge is 2.29. The van der Waals surface area contributed by atoms with E-state index < -0.39 is 0 Å². The van der Waals surface area contributed by atoms with Crippen LogP contribution in [0.1, 0.15) is 0 Å². The third-order valence-electron chi connectivity index (χ3n) is 22.9. The van der Waals surface area contributed by atoms with Crippen molar-refractivity contribution in [2.45, 2.75) is 0 Å². The predicted molar refractivity (Wildman–Crippen MR) is 438 cm³/mol. The quantitative estimate of drug-likeness (QED) is 0.127. The molecule has 4 aromatic heterocycles. The minimum absolute atomic E-state index is 0.808. The van der Waals surface area contributed by atoms with Crippen molar-refractivity contribution in [3.63, 3.8) is 0 Å². The van der Waals surface area contributed by atoms with Gasteiger partial charge >= 0.3 is 0 Å². The molecular formula is C100H54O4. The van der Waals surface area contributed by atoms with Gasteiger partial charge in [-0.05, 0) is 208 Å². The molecule has 0 spiro atoms. The Morgan fingerprint density at radius 2 is 0.519 bits per heavy atom. The fourth-order valence-electron chi connectivity index (χ4n) is 18.5. The zero-order chi connectivity index (χ0) is 67.6. The van der Waals surface area contributed by atoms with Crippen LogP contribution in [0, 0.1) is 0 Å². The fraction of sp³-hybridized carbons (Fsp3) is 0. The van der Waals surface area contributed by atoms with Crippen LogP contribution >= 0.6 is 0 Å². The lowest BCUT2D eigenvalue weighted by Gasteiger charge is -2.21. The molecule has 24 aromatic rings. The molecule has 24 rings (SSSR count). The molecule has 4 heteroatoms. The molecule has 0 radical (unpaired) electrons. The van der Waals surface area contributed by atoms with Crippen molar-refractivity contribution < 1.29 is 17.7 Å². The minimum atomic E-state index is 0.808. The van der Waals surface area contributed by atoms with Crippen LogP contribution in [-0.2, 0) is 0 Å². The van der Waals surface area contributed by atoms with Crippen molar-refractivity contribution in [2.24, 2.45) is 0 Å². The van der Waals surface area contributed by atoms with E-state index in [0.717, 1.165) is 143 Å². The van der Waals surface area contributed by atoms with Crippen molar-refractivity contribution in [3.05, 3.63) is 328 Å². The van der Waals surface area contributed by atoms with Crippen molar-refractivity contribution in [1.82, 2.24) is 0 Å². The lowest BCUT2D eigenvalue weighted by atomic mass is 9.82. The number of hydrogen-bond acceptors (Lipinski definition) is 4. The van der Waals surface area contributed by atoms with Gasteiger partial charge in [-0.25, -0.2) is 0 Å². The second-order valence-electron chi connectivity index (χ2n) is 28.3. The van der Waals surface area contributed by atoms with Crippen LogP contribution in [0.2, 0.25) is 0 Å². The van der Waals surface area contributed by atoms with Gasteiger partial charge in [0.05, 0.1) is 10.8 Å². The normalized spacial score (nSPS) is 12.4. The summed E-state index contributed by atoms with van der Waals surface area (Å²) in [5, 5.41) is 32.2. The van der Waals surface area contributed by atoms with E-state index >= 15 is 0 Å². The monoisotopic (exact) mass is 1320 g/mol. The zero-order valence-corrected chi connectivity index (χ0v) is 55.8. The average Bonchev–Trinajstić information content (AvgIpc) is 1.27. The maximum atomic E-state index is 7.26. The maximum absolute atomic E-state index is 7.26. The maximum Gasteiger partial charge on any atom is 0.147 e. The molecule has 0 fully saturated rings. The number of para-hydroxylation sites is 3. The summed E-state index contributed by atoms with van der Waals surface area (Å²) in [7, 11) is 0. The molecule has 0 unspecified atom stereocenters. The SMILES string of the molecule is c1ccc2c(-c3c4ccccc4c(-c4cc5c6ccc(-c7ccc8cc9ccc%10c(-c%11c%12ccccc%12c(-c%12cc%13c%14ccccc%14oc%13c%13c%12oc%12ccccc%12%13)c%12ccccc%11%12)cccc%10c9cc8c7)cc6oc5c5c4oc4ccccc45)c4ccccc34)c3ccc4ccccc4c3cc2c1. The molecule has 478 valence electrons. The van der Waals surface area contributed by atoms with E-state index in [4.69, 9.17) is 17.7 Å². The van der Waals surface area contributed by atoms with Crippen molar-refractivity contribution >= 4 is 195 Å². The van der Waals surface area contributed by atoms with Crippen LogP contribution in [0.25, 0.3) is 251 Å². The summed E-state index contributed by atoms with van der Waals surface area (Å²) in [5.41, 5.74) is 18.0. The highest BCUT2D eigenvalue weighted by Crippen LogP contribution is 2.55. The Hall–Kier alpha value is -13.8. The van der Waals surface area contributed by atoms with Crippen LogP contribution in [0.4, 0.5) is 0 Å². The number of fused-ring (bicyclic) bond motifs is 26. The van der Waals surface area contributed by atoms with E-state index in [-0.39, 0.29) is 0 Å². The molecule has 0 saturated carbocycles. The first-order chi connectivity index (χ1) is 51.6. The van der Waals surface area contributed by atoms with Crippen LogP contribution in [0.15, 0.2) is 345 Å². The van der Waals surface area contributed by atoms with Gasteiger partial charge in [0.25, 0.3) is 0 Å². The van der Waals surface area contributed by atoms with Crippen LogP contribution < -0.4 is 0 Å². The van der Waals surface area contributed by atoms with Crippen LogP contribution in [-0.4, -0.2) is 0 Å². The number of furan rings is 4. The van der Waals surface area contributed by atoms with Gasteiger partial charge < -0.3 is 17.7 Å². The van der Waals surface area contributed by atoms with E-state index in [2.05, 4.69) is 315 Å². The van der Waals surface area contributed by atoms with Gasteiger partial charge in [-0.2, -0.15) is 0 Å². The third kappa shape index (κ3) is 7.70. The predicted octanol–water partition coefficient (Wildman–Crippen LogP) is 29.2. The van der Waals surface area contributed by atoms with Crippen molar-refractivity contribution in [3.8, 4) is 55.6 Å². The van der Waals surface area contributed by atoms with Gasteiger partial charge in [0.2, 0.25) is 0 Å². The fourth-order valence-corrected chi connectivity index (χ4v) is 18.5. The Kier molecular flexibility index (Phi) is 11.3. The summed E-state index contributed by atoms with van der Waals surface area (Å²) in [6, 6.07) is 120. The van der Waals surface area contributed by atoms with E-state index in [1.54, 1.807) is 0 Å². The first kappa shape index (κ1) is 56.0. The summed E-state index contributed by atoms with van der Waals surface area (Å²) in [6.45, 7) is 0. The lowest BCUT2D eigenvalue weighted by Crippen LogP contribution is -1.93. The Bertz CT molecular complexity index is 7870. The zero-order valence-electron chi connectivity index (χ0n) is 55.8. The van der Waals surface area contributed by atoms with Crippen LogP contribution in [0.5, 0.6) is 0 Å². The standard InChI is InChI=1S/C100H54O4/c1-3-22-62-55(20-1)42-47-77-81(62)50-59-21-2-4-23-63(59)93(77)94-75-31-11-9-29-73(75)92(74-30-10-12-32-76(74)94)85-54-83-67-46-43-58(52-89(67)104-98(83)96-79-34-15-18-39-88(79)103-100(85)96)56-40-41-57-48-60-44-45-65-64(80(60)51-61(57)49-56)35-19-36-68(65)90-69-25-5-7-27-71(69)91(72-28-8-6-26-70(72)90)84-53-82-66-24-13-16-37-86(66)101-97(82)95-78-33-14-17-38-87(78)102-99(84)95/h1-54H. The first-order valence-electron chi connectivity index (χ1n) is 35.8. The van der Waals surface area contributed by atoms with Gasteiger partial charge in [0, 0.05) is 54.6 Å². The second-order valence-corrected chi connectivity index (χ2v) is 28.3. The summed E-state index contributed by atoms with van der Waals surface area (Å²) < 4.78 is 28.1. The molecule has 0 saturated heterocycles. The van der Waals surface area contributed by atoms with Gasteiger partial charge in [-0.3, -0.25) is 0 Å². The molecule has 0 bridgehead atoms. The molecule has 0 aliphatic heterocycles. The first-order valence-corrected chi connectivity index (χ1v) is 35.8. The average molecular weight is 1320 g/mol. The lowest BCUT2D eigenvalue weighted by molar-refractivity contribution is 0.663. The van der Waals surface area contributed by atoms with E-state index in [0.29, 0.717) is 0 Å². The molecule has 4 heterocycles. The molecule has 0 aliphatic carbocycles. The smallest absolute Gasteiger partial charge is 0.147 e. The van der Waals surface area contributed by atoms with E-state index in [1.165, 1.54) is 108 Å². The number of hydrogen-bond donors (Lipinski definition) is 0. The molecule has 20 aromatic carbocycles. The summed E-state index contributed by atoms with van der Waals surface area (Å²) >= 11 is 0. The van der Waals surface area contributed by atoms with Crippen molar-refractivity contribution in [2.75, 3.05) is 0 Å². The molecular weight excluding hydrogens is 1270 g/mol. The Balaban J connectivity index is 0.665. The molecule has 104 heavy (non-hydrogen) atoms. The van der Waals surface area contributed by atoms with Gasteiger partial charge in [0.15, 0.2) is 0 Å². The topological polar surface area (TPSA) is 52.6 Å². The van der Waals surface area contributed by atoms with E-state index in [9.17, 15) is 0 Å². The Morgan fingerprint density at radius 3 is 1.12 bits per heavy atom. The third-order valence-corrected chi connectivity index (χ3v) is 22.9. The summed E-state index contributed by atoms with van der Waals surface area (Å²) in [5.74, 6) is 0. The van der Waals surface area contributed by atoms with E-state index in [1.807, 2.05) is 12.1 Å². The van der Waals surface area contributed by atoms with Crippen LogP contribution in [0.3, 0.4) is 0 Å². The Labute approximate surface area is 592 Å². The largest absolute Gasteiger partial charge is 0.455 e. The minimum Gasteiger partial charge on any atom is -0.455 e. The molecule has 0 amide bonds. The number of benzene rings is 20. The second kappa shape index (κ2) is 20.9. The molecule has 0 atom stereocenters. The van der Waals surface area contributed by atoms with Gasteiger partial charge in [0.1, 0.15) is 44.7 Å². The molecule has 0 aliphatic rings. The number of rotatable bonds is 5. The highest BCUT2D eigenvalue weighted by molar-refractivity contribution is 6.35. The summed E-state index contributed by atoms with van der Waals surface area (Å²) in [6.07, 6.45) is 0. The highest BCUT2D eigenvalue weighted by atomic mass is 16.4. The molecule has 0 N–H and O–H groups in total. The Morgan fingerprint density at radius 1 is 0.144 bits per heavy atom. The van der Waals surface area contributed by atoms with Gasteiger partial charge in [-0.15, -0.1) is 0 Å². The molecule has 4 nitrogen and oxygen atoms in total.